The second kappa shape index (κ2) is 22.9. The normalized spacial score (nSPS) is 16.9. The van der Waals surface area contributed by atoms with Crippen molar-refractivity contribution in [1.29, 1.82) is 5.26 Å². The number of fused-ring (bicyclic) bond motifs is 5. The summed E-state index contributed by atoms with van der Waals surface area (Å²) in [5.74, 6) is -1.95. The van der Waals surface area contributed by atoms with Gasteiger partial charge in [0.05, 0.1) is 6.07 Å². The van der Waals surface area contributed by atoms with Gasteiger partial charge in [0, 0.05) is 55.7 Å². The fourth-order valence-corrected chi connectivity index (χ4v) is 7.04. The van der Waals surface area contributed by atoms with Crippen LogP contribution in [-0.2, 0) is 32.0 Å². The highest BCUT2D eigenvalue weighted by molar-refractivity contribution is 5.97. The third kappa shape index (κ3) is 12.5. The van der Waals surface area contributed by atoms with Gasteiger partial charge in [-0.25, -0.2) is 0 Å². The van der Waals surface area contributed by atoms with Crippen molar-refractivity contribution in [2.24, 2.45) is 17.2 Å². The van der Waals surface area contributed by atoms with Crippen LogP contribution >= 0.6 is 0 Å². The zero-order valence-corrected chi connectivity index (χ0v) is 35.0. The minimum Gasteiger partial charge on any atom is -0.492 e. The minimum absolute atomic E-state index is 0.0245. The van der Waals surface area contributed by atoms with Crippen LogP contribution in [0.2, 0.25) is 0 Å². The Hall–Kier alpha value is -6.02. The number of amides is 5. The quantitative estimate of drug-likeness (QED) is 0.0912. The molecule has 0 aromatic heterocycles. The van der Waals surface area contributed by atoms with Crippen LogP contribution in [0.1, 0.15) is 78.2 Å². The van der Waals surface area contributed by atoms with Crippen LogP contribution in [0.15, 0.2) is 54.6 Å². The van der Waals surface area contributed by atoms with Gasteiger partial charge in [-0.1, -0.05) is 37.6 Å². The number of rotatable bonds is 18. The molecule has 0 saturated carbocycles. The number of hydrogen-bond acceptors (Lipinski definition) is 11. The highest BCUT2D eigenvalue weighted by Gasteiger charge is 2.34. The van der Waals surface area contributed by atoms with Crippen molar-refractivity contribution in [3.8, 4) is 28.7 Å². The van der Waals surface area contributed by atoms with Crippen molar-refractivity contribution < 1.29 is 33.4 Å². The summed E-state index contributed by atoms with van der Waals surface area (Å²) in [5, 5.41) is 20.1. The highest BCUT2D eigenvalue weighted by atomic mass is 16.5. The molecule has 60 heavy (non-hydrogen) atoms. The number of nitriles is 1. The molecule has 3 aromatic carbocycles. The summed E-state index contributed by atoms with van der Waals surface area (Å²) in [6.45, 7) is 6.12. The fraction of sp³-hybridized carbons (Fsp3) is 0.455. The standard InChI is InChI=1S/C44H59N9O7/c1-5-6-7-29-8-11-33(27(2)22-29)42(56)51-32(14-15-45)26-39(54)53(4)40-31-10-13-38(60-21-18-48)35(25-31)34-23-30(9-12-37(34)59-20-17-47)24-36(43(57)49-19-16-46)52-41(55)28(3)50-44(40)58/h8-13,22-23,25,28,32,36,40H,5-7,14-15,17-21,24,26,45,47-48H2,1-4H3,(H,49,57)(H,50,58)(H,51,56)(H,52,55)/t28-,32-,36-,40-/m0/s1. The van der Waals surface area contributed by atoms with Gasteiger partial charge >= 0.3 is 0 Å². The molecule has 16 heteroatoms. The number of carbonyl (C=O) groups excluding carboxylic acids is 5. The Morgan fingerprint density at radius 2 is 1.62 bits per heavy atom. The number of unbranched alkanes of at least 4 members (excludes halogenated alkanes) is 1. The zero-order valence-electron chi connectivity index (χ0n) is 35.0. The van der Waals surface area contributed by atoms with Gasteiger partial charge < -0.3 is 52.8 Å². The molecule has 10 N–H and O–H groups in total. The SMILES string of the molecule is CCCCc1ccc(C(=O)N[C@@H](CCN)CC(=O)N(C)[C@@H]2C(=O)N[C@@H](C)C(=O)N[C@H](C(=O)NCC#N)Cc3ccc(OCCN)c(c3)-c3cc2ccc3OCCN)c(C)c1. The van der Waals surface area contributed by atoms with Crippen molar-refractivity contribution in [2.45, 2.75) is 83.5 Å². The van der Waals surface area contributed by atoms with E-state index in [4.69, 9.17) is 31.9 Å². The molecular formula is C44H59N9O7. The van der Waals surface area contributed by atoms with Gasteiger partial charge in [-0.15, -0.1) is 0 Å². The lowest BCUT2D eigenvalue weighted by Gasteiger charge is -2.31. The van der Waals surface area contributed by atoms with Gasteiger partial charge in [0.15, 0.2) is 0 Å². The Balaban J connectivity index is 1.78. The number of hydrogen-bond donors (Lipinski definition) is 7. The van der Waals surface area contributed by atoms with Crippen molar-refractivity contribution in [1.82, 2.24) is 26.2 Å². The Labute approximate surface area is 351 Å². The monoisotopic (exact) mass is 825 g/mol. The number of aryl methyl sites for hydroxylation is 2. The van der Waals surface area contributed by atoms with Gasteiger partial charge in [0.25, 0.3) is 5.91 Å². The van der Waals surface area contributed by atoms with E-state index < -0.39 is 47.8 Å². The van der Waals surface area contributed by atoms with Crippen LogP contribution < -0.4 is 47.9 Å². The lowest BCUT2D eigenvalue weighted by molar-refractivity contribution is -0.140. The van der Waals surface area contributed by atoms with Crippen molar-refractivity contribution >= 4 is 29.5 Å². The highest BCUT2D eigenvalue weighted by Crippen LogP contribution is 2.40. The number of likely N-dealkylation sites (N-methyl/N-ethyl adjacent to an activating group) is 1. The first-order chi connectivity index (χ1) is 28.8. The molecule has 4 atom stereocenters. The first kappa shape index (κ1) is 46.7. The molecule has 5 amide bonds. The summed E-state index contributed by atoms with van der Waals surface area (Å²) in [4.78, 5) is 70.4. The largest absolute Gasteiger partial charge is 0.492 e. The molecule has 1 aliphatic rings. The van der Waals surface area contributed by atoms with Gasteiger partial charge in [0.1, 0.15) is 49.4 Å². The average Bonchev–Trinajstić information content (AvgIpc) is 3.23. The lowest BCUT2D eigenvalue weighted by atomic mass is 9.93. The third-order valence-electron chi connectivity index (χ3n) is 10.2. The van der Waals surface area contributed by atoms with Crippen LogP contribution in [-0.4, -0.2) is 99.0 Å². The number of ether oxygens (including phenoxy) is 2. The molecular weight excluding hydrogens is 767 g/mol. The molecule has 0 aliphatic carbocycles. The molecule has 0 saturated heterocycles. The van der Waals surface area contributed by atoms with Crippen LogP contribution in [0, 0.1) is 18.3 Å². The van der Waals surface area contributed by atoms with Gasteiger partial charge in [-0.05, 0) is 92.2 Å². The predicted molar refractivity (Wildman–Crippen MR) is 228 cm³/mol. The smallest absolute Gasteiger partial charge is 0.251 e. The lowest BCUT2D eigenvalue weighted by Crippen LogP contribution is -2.55. The Morgan fingerprint density at radius 3 is 2.25 bits per heavy atom. The molecule has 0 fully saturated rings. The van der Waals surface area contributed by atoms with E-state index in [-0.39, 0.29) is 64.6 Å². The minimum atomic E-state index is -1.29. The molecule has 1 aliphatic heterocycles. The van der Waals surface area contributed by atoms with E-state index in [1.54, 1.807) is 42.5 Å². The van der Waals surface area contributed by atoms with Crippen LogP contribution in [0.3, 0.4) is 0 Å². The third-order valence-corrected chi connectivity index (χ3v) is 10.2. The second-order valence-corrected chi connectivity index (χ2v) is 14.8. The summed E-state index contributed by atoms with van der Waals surface area (Å²) in [5.41, 5.74) is 22.1. The molecule has 3 aromatic rings. The van der Waals surface area contributed by atoms with Crippen molar-refractivity contribution in [3.05, 3.63) is 82.4 Å². The molecule has 0 radical (unpaired) electrons. The van der Waals surface area contributed by atoms with Crippen LogP contribution in [0.4, 0.5) is 0 Å². The number of carbonyl (C=O) groups is 5. The summed E-state index contributed by atoms with van der Waals surface area (Å²) in [6, 6.07) is 13.7. The van der Waals surface area contributed by atoms with Crippen LogP contribution in [0.25, 0.3) is 11.1 Å². The molecule has 0 unspecified atom stereocenters. The van der Waals surface area contributed by atoms with E-state index in [1.807, 2.05) is 25.1 Å². The maximum Gasteiger partial charge on any atom is 0.251 e. The average molecular weight is 826 g/mol. The second-order valence-electron chi connectivity index (χ2n) is 14.8. The fourth-order valence-electron chi connectivity index (χ4n) is 7.04. The number of nitrogens with zero attached hydrogens (tertiary/aromatic N) is 2. The van der Waals surface area contributed by atoms with Crippen molar-refractivity contribution in [3.63, 3.8) is 0 Å². The summed E-state index contributed by atoms with van der Waals surface area (Å²) < 4.78 is 12.2. The topological polar surface area (TPSA) is 257 Å². The molecule has 4 rings (SSSR count). The number of nitrogens with two attached hydrogens (primary N) is 3. The first-order valence-electron chi connectivity index (χ1n) is 20.4. The molecule has 16 nitrogen and oxygen atoms in total. The van der Waals surface area contributed by atoms with E-state index in [0.29, 0.717) is 39.3 Å². The van der Waals surface area contributed by atoms with Crippen LogP contribution in [0.5, 0.6) is 11.5 Å². The summed E-state index contributed by atoms with van der Waals surface area (Å²) in [7, 11) is 1.48. The number of nitrogens with one attached hydrogen (secondary N) is 4. The zero-order chi connectivity index (χ0) is 43.8. The van der Waals surface area contributed by atoms with Gasteiger partial charge in [-0.2, -0.15) is 5.26 Å². The summed E-state index contributed by atoms with van der Waals surface area (Å²) in [6.07, 6.45) is 3.14. The maximum absolute atomic E-state index is 14.4. The summed E-state index contributed by atoms with van der Waals surface area (Å²) >= 11 is 0. The predicted octanol–water partition coefficient (Wildman–Crippen LogP) is 1.90. The van der Waals surface area contributed by atoms with Gasteiger partial charge in [-0.3, -0.25) is 24.0 Å². The Kier molecular flexibility index (Phi) is 17.8. The van der Waals surface area contributed by atoms with E-state index in [1.165, 1.54) is 18.9 Å². The molecule has 0 spiro atoms. The van der Waals surface area contributed by atoms with E-state index in [0.717, 1.165) is 30.4 Å². The van der Waals surface area contributed by atoms with Crippen molar-refractivity contribution in [2.75, 3.05) is 46.4 Å². The Morgan fingerprint density at radius 1 is 0.933 bits per heavy atom. The molecule has 1 heterocycles. The van der Waals surface area contributed by atoms with Gasteiger partial charge in [0.2, 0.25) is 23.6 Å². The molecule has 4 bridgehead atoms. The first-order valence-corrected chi connectivity index (χ1v) is 20.4. The molecule has 322 valence electrons. The van der Waals surface area contributed by atoms with E-state index >= 15 is 0 Å². The Bertz CT molecular complexity index is 2030. The number of benzene rings is 3. The maximum atomic E-state index is 14.4. The van der Waals surface area contributed by atoms with E-state index in [9.17, 15) is 24.0 Å². The van der Waals surface area contributed by atoms with E-state index in [2.05, 4.69) is 28.2 Å².